The predicted octanol–water partition coefficient (Wildman–Crippen LogP) is 1.01. The third-order valence-electron chi connectivity index (χ3n) is 0.878. The summed E-state index contributed by atoms with van der Waals surface area (Å²) in [7, 11) is 0. The van der Waals surface area contributed by atoms with Gasteiger partial charge >= 0.3 is 0 Å². The maximum absolute atomic E-state index is 8.08. The molecule has 1 heterocycles. The molecular weight excluding hydrogens is 162 g/mol. The highest BCUT2D eigenvalue weighted by Gasteiger charge is 1.89. The van der Waals surface area contributed by atoms with Gasteiger partial charge in [-0.25, -0.2) is 0 Å². The van der Waals surface area contributed by atoms with Gasteiger partial charge in [-0.1, -0.05) is 11.6 Å². The van der Waals surface area contributed by atoms with Gasteiger partial charge in [-0.15, -0.1) is 10.2 Å². The van der Waals surface area contributed by atoms with Gasteiger partial charge in [-0.2, -0.15) is 5.26 Å². The van der Waals surface area contributed by atoms with Crippen LogP contribution in [0.15, 0.2) is 12.1 Å². The topological polar surface area (TPSA) is 49.6 Å². The number of hydrogen-bond donors (Lipinski definition) is 0. The Morgan fingerprint density at radius 1 is 1.36 bits per heavy atom. The summed E-state index contributed by atoms with van der Waals surface area (Å²) in [6.45, 7) is 0. The Kier molecular flexibility index (Phi) is 2.43. The first kappa shape index (κ1) is 7.53. The first-order chi connectivity index (χ1) is 5.33. The van der Waals surface area contributed by atoms with Crippen molar-refractivity contribution in [3.05, 3.63) is 23.0 Å². The normalized spacial score (nSPS) is 7.64. The second-order valence-electron chi connectivity index (χ2n) is 1.60. The van der Waals surface area contributed by atoms with E-state index >= 15 is 0 Å². The van der Waals surface area contributed by atoms with Crippen LogP contribution in [0, 0.1) is 23.2 Å². The van der Waals surface area contributed by atoms with Crippen LogP contribution in [0.5, 0.6) is 0 Å². The summed E-state index contributed by atoms with van der Waals surface area (Å²) >= 11 is 5.46. The molecule has 3 nitrogen and oxygen atoms in total. The second-order valence-corrected chi connectivity index (χ2v) is 1.99. The molecule has 0 unspecified atom stereocenters. The van der Waals surface area contributed by atoms with E-state index in [1.807, 2.05) is 0 Å². The minimum Gasteiger partial charge on any atom is -0.183 e. The molecule has 1 aromatic rings. The molecule has 0 bridgehead atoms. The lowest BCUT2D eigenvalue weighted by Gasteiger charge is -1.85. The van der Waals surface area contributed by atoms with Crippen LogP contribution in [0.3, 0.4) is 0 Å². The Morgan fingerprint density at radius 2 is 2.18 bits per heavy atom. The molecule has 0 radical (unpaired) electrons. The van der Waals surface area contributed by atoms with Gasteiger partial charge < -0.3 is 0 Å². The minimum atomic E-state index is 0.313. The van der Waals surface area contributed by atoms with Crippen LogP contribution in [0.1, 0.15) is 5.69 Å². The van der Waals surface area contributed by atoms with Crippen molar-refractivity contribution in [2.45, 2.75) is 0 Å². The Bertz CT molecular complexity index is 339. The van der Waals surface area contributed by atoms with Crippen molar-refractivity contribution in [2.75, 3.05) is 0 Å². The van der Waals surface area contributed by atoms with Crippen LogP contribution >= 0.6 is 11.6 Å². The lowest BCUT2D eigenvalue weighted by molar-refractivity contribution is 1.01. The van der Waals surface area contributed by atoms with Gasteiger partial charge in [0, 0.05) is 5.92 Å². The molecule has 0 N–H and O–H groups in total. The fourth-order valence-electron chi connectivity index (χ4n) is 0.475. The quantitative estimate of drug-likeness (QED) is 0.537. The van der Waals surface area contributed by atoms with Crippen LogP contribution in [0.25, 0.3) is 0 Å². The number of nitriles is 1. The van der Waals surface area contributed by atoms with E-state index in [1.54, 1.807) is 18.2 Å². The maximum Gasteiger partial charge on any atom is 0.152 e. The molecule has 0 saturated heterocycles. The molecule has 0 amide bonds. The average molecular weight is 164 g/mol. The van der Waals surface area contributed by atoms with Gasteiger partial charge in [0.25, 0.3) is 0 Å². The van der Waals surface area contributed by atoms with Crippen LogP contribution in [-0.4, -0.2) is 10.2 Å². The van der Waals surface area contributed by atoms with E-state index in [-0.39, 0.29) is 0 Å². The molecular formula is C7H2ClN3. The van der Waals surface area contributed by atoms with Gasteiger partial charge in [-0.3, -0.25) is 0 Å². The van der Waals surface area contributed by atoms with Crippen molar-refractivity contribution in [3.63, 3.8) is 0 Å². The Morgan fingerprint density at radius 3 is 2.73 bits per heavy atom. The van der Waals surface area contributed by atoms with E-state index in [9.17, 15) is 0 Å². The van der Waals surface area contributed by atoms with Crippen molar-refractivity contribution in [3.8, 4) is 17.9 Å². The molecule has 0 fully saturated rings. The summed E-state index contributed by atoms with van der Waals surface area (Å²) in [5, 5.41) is 15.5. The zero-order valence-corrected chi connectivity index (χ0v) is 6.13. The van der Waals surface area contributed by atoms with Gasteiger partial charge in [0.2, 0.25) is 0 Å². The molecule has 0 atom stereocenters. The monoisotopic (exact) mass is 163 g/mol. The lowest BCUT2D eigenvalue weighted by atomic mass is 10.4. The molecule has 11 heavy (non-hydrogen) atoms. The van der Waals surface area contributed by atoms with E-state index in [4.69, 9.17) is 16.9 Å². The van der Waals surface area contributed by atoms with E-state index in [2.05, 4.69) is 22.0 Å². The number of rotatable bonds is 0. The first-order valence-electron chi connectivity index (χ1n) is 2.72. The molecule has 52 valence electrons. The van der Waals surface area contributed by atoms with Crippen molar-refractivity contribution in [2.24, 2.45) is 0 Å². The highest BCUT2D eigenvalue weighted by molar-refractivity contribution is 6.29. The van der Waals surface area contributed by atoms with Crippen LogP contribution < -0.4 is 0 Å². The van der Waals surface area contributed by atoms with Crippen LogP contribution in [0.2, 0.25) is 5.15 Å². The lowest BCUT2D eigenvalue weighted by Crippen LogP contribution is -1.85. The van der Waals surface area contributed by atoms with Crippen molar-refractivity contribution in [1.82, 2.24) is 10.2 Å². The van der Waals surface area contributed by atoms with E-state index in [0.29, 0.717) is 10.8 Å². The Labute approximate surface area is 68.6 Å². The van der Waals surface area contributed by atoms with E-state index in [0.717, 1.165) is 0 Å². The Hall–Kier alpha value is -1.58. The van der Waals surface area contributed by atoms with Gasteiger partial charge in [-0.05, 0) is 18.1 Å². The molecule has 0 aliphatic rings. The summed E-state index contributed by atoms with van der Waals surface area (Å²) in [4.78, 5) is 0. The average Bonchev–Trinajstić information content (AvgIpc) is 2.04. The third-order valence-corrected chi connectivity index (χ3v) is 1.08. The summed E-state index contributed by atoms with van der Waals surface area (Å²) in [5.41, 5.74) is 0.441. The van der Waals surface area contributed by atoms with Gasteiger partial charge in [0.05, 0.1) is 0 Å². The fourth-order valence-corrected chi connectivity index (χ4v) is 0.575. The summed E-state index contributed by atoms with van der Waals surface area (Å²) in [6, 6.07) is 4.83. The first-order valence-corrected chi connectivity index (χ1v) is 3.10. The van der Waals surface area contributed by atoms with Crippen LogP contribution in [0.4, 0.5) is 0 Å². The molecule has 1 rings (SSSR count). The predicted molar refractivity (Wildman–Crippen MR) is 39.5 cm³/mol. The largest absolute Gasteiger partial charge is 0.183 e. The van der Waals surface area contributed by atoms with Crippen molar-refractivity contribution < 1.29 is 0 Å². The molecule has 0 saturated carbocycles. The third kappa shape index (κ3) is 2.25. The fraction of sp³-hybridized carbons (Fsp3) is 0. The van der Waals surface area contributed by atoms with Gasteiger partial charge in [0.1, 0.15) is 5.69 Å². The van der Waals surface area contributed by atoms with E-state index < -0.39 is 0 Å². The second kappa shape index (κ2) is 3.55. The minimum absolute atomic E-state index is 0.313. The molecule has 0 aliphatic heterocycles. The molecule has 0 aromatic carbocycles. The number of hydrogen-bond acceptors (Lipinski definition) is 3. The highest BCUT2D eigenvalue weighted by Crippen LogP contribution is 2.00. The molecule has 4 heteroatoms. The van der Waals surface area contributed by atoms with Crippen molar-refractivity contribution >= 4 is 11.6 Å². The SMILES string of the molecule is N#CC#Cc1ccc(Cl)nn1. The molecule has 0 spiro atoms. The zero-order chi connectivity index (χ0) is 8.10. The highest BCUT2D eigenvalue weighted by atomic mass is 35.5. The maximum atomic E-state index is 8.08. The summed E-state index contributed by atoms with van der Waals surface area (Å²) in [6.07, 6.45) is 0. The van der Waals surface area contributed by atoms with Gasteiger partial charge in [0.15, 0.2) is 11.2 Å². The summed E-state index contributed by atoms with van der Waals surface area (Å²) < 4.78 is 0. The summed E-state index contributed by atoms with van der Waals surface area (Å²) in [5.74, 6) is 4.67. The molecule has 1 aromatic heterocycles. The van der Waals surface area contributed by atoms with Crippen LogP contribution in [-0.2, 0) is 0 Å². The standard InChI is InChI=1S/C7H2ClN3/c8-7-4-3-6(10-11-7)2-1-5-9/h3-4H. The Balaban J connectivity index is 2.93. The number of aromatic nitrogens is 2. The molecule has 0 aliphatic carbocycles. The zero-order valence-electron chi connectivity index (χ0n) is 5.37. The number of halogens is 1. The van der Waals surface area contributed by atoms with Crippen molar-refractivity contribution in [1.29, 1.82) is 5.26 Å². The van der Waals surface area contributed by atoms with E-state index in [1.165, 1.54) is 0 Å². The number of nitrogens with zero attached hydrogens (tertiary/aromatic N) is 3. The smallest absolute Gasteiger partial charge is 0.152 e.